The number of halogens is 1. The van der Waals surface area contributed by atoms with E-state index < -0.39 is 0 Å². The fourth-order valence-corrected chi connectivity index (χ4v) is 8.37. The van der Waals surface area contributed by atoms with Crippen molar-refractivity contribution in [3.05, 3.63) is 35.9 Å². The number of hydrogen-bond acceptors (Lipinski definition) is 5. The lowest BCUT2D eigenvalue weighted by Crippen LogP contribution is -2.60. The Morgan fingerprint density at radius 1 is 1.06 bits per heavy atom. The number of likely N-dealkylation sites (tertiary alicyclic amines) is 1. The Labute approximate surface area is 211 Å². The number of benzene rings is 1. The van der Waals surface area contributed by atoms with E-state index in [9.17, 15) is 9.18 Å². The number of rotatable bonds is 7. The van der Waals surface area contributed by atoms with Gasteiger partial charge in [0.2, 0.25) is 5.91 Å². The van der Waals surface area contributed by atoms with Gasteiger partial charge in [-0.2, -0.15) is 0 Å². The lowest BCUT2D eigenvalue weighted by atomic mass is 9.53. The van der Waals surface area contributed by atoms with Gasteiger partial charge in [0.15, 0.2) is 11.0 Å². The number of amides is 1. The molecule has 1 amide bonds. The van der Waals surface area contributed by atoms with Gasteiger partial charge in [0, 0.05) is 11.2 Å². The summed E-state index contributed by atoms with van der Waals surface area (Å²) in [5.41, 5.74) is 0.838. The number of nitrogens with zero attached hydrogens (tertiary/aromatic N) is 4. The molecule has 7 rings (SSSR count). The number of carbonyl (C=O) groups excluding carboxylic acids is 1. The summed E-state index contributed by atoms with van der Waals surface area (Å²) < 4.78 is 15.7. The van der Waals surface area contributed by atoms with Crippen LogP contribution in [0.25, 0.3) is 5.69 Å². The van der Waals surface area contributed by atoms with Crippen molar-refractivity contribution in [3.63, 3.8) is 0 Å². The van der Waals surface area contributed by atoms with Crippen molar-refractivity contribution < 1.29 is 9.18 Å². The van der Waals surface area contributed by atoms with E-state index >= 15 is 0 Å². The normalized spacial score (nSPS) is 31.0. The summed E-state index contributed by atoms with van der Waals surface area (Å²) >= 11 is 1.45. The van der Waals surface area contributed by atoms with Gasteiger partial charge in [-0.15, -0.1) is 10.2 Å². The van der Waals surface area contributed by atoms with E-state index in [1.807, 2.05) is 11.5 Å². The number of thioether (sulfide) groups is 1. The minimum atomic E-state index is -0.283. The minimum absolute atomic E-state index is 0.00467. The quantitative estimate of drug-likeness (QED) is 0.548. The zero-order chi connectivity index (χ0) is 24.0. The highest BCUT2D eigenvalue weighted by molar-refractivity contribution is 8.00. The molecule has 1 aliphatic heterocycles. The Balaban J connectivity index is 1.20. The minimum Gasteiger partial charge on any atom is -0.350 e. The van der Waals surface area contributed by atoms with Crippen LogP contribution in [0.4, 0.5) is 4.39 Å². The molecule has 35 heavy (non-hydrogen) atoms. The van der Waals surface area contributed by atoms with Gasteiger partial charge in [-0.3, -0.25) is 14.3 Å². The highest BCUT2D eigenvalue weighted by atomic mass is 32.2. The van der Waals surface area contributed by atoms with Crippen LogP contribution in [-0.4, -0.2) is 49.4 Å². The number of carbonyl (C=O) groups is 1. The largest absolute Gasteiger partial charge is 0.350 e. The molecular weight excluding hydrogens is 461 g/mol. The van der Waals surface area contributed by atoms with Gasteiger partial charge in [-0.25, -0.2) is 4.39 Å². The Kier molecular flexibility index (Phi) is 6.37. The molecule has 8 heteroatoms. The molecule has 0 unspecified atom stereocenters. The van der Waals surface area contributed by atoms with Gasteiger partial charge in [0.05, 0.1) is 11.8 Å². The highest BCUT2D eigenvalue weighted by Gasteiger charge is 2.51. The molecule has 4 aliphatic carbocycles. The van der Waals surface area contributed by atoms with Crippen LogP contribution < -0.4 is 5.32 Å². The molecule has 4 saturated carbocycles. The first kappa shape index (κ1) is 23.5. The van der Waals surface area contributed by atoms with Crippen molar-refractivity contribution in [3.8, 4) is 5.69 Å². The van der Waals surface area contributed by atoms with Gasteiger partial charge in [-0.05, 0) is 113 Å². The fraction of sp³-hybridized carbons (Fsp3) is 0.667. The van der Waals surface area contributed by atoms with Crippen LogP contribution >= 0.6 is 11.8 Å². The van der Waals surface area contributed by atoms with Crippen LogP contribution in [0.3, 0.4) is 0 Å². The number of piperidine rings is 1. The standard InChI is InChI=1S/C27H36FN5OS/c1-18(25(34)29-27-14-19-11-20(15-27)13-21(12-19)16-27)35-26-31-30-24(17-32-9-3-2-4-10-32)33(26)23-7-5-22(28)6-8-23/h5-8,18-21H,2-4,9-17H2,1H3,(H,29,34)/t18-,19?,20?,21?,27?/m1/s1. The Bertz CT molecular complexity index is 1030. The van der Waals surface area contributed by atoms with E-state index in [2.05, 4.69) is 20.4 Å². The smallest absolute Gasteiger partial charge is 0.233 e. The van der Waals surface area contributed by atoms with Gasteiger partial charge in [-0.1, -0.05) is 18.2 Å². The summed E-state index contributed by atoms with van der Waals surface area (Å²) in [5, 5.41) is 12.9. The highest BCUT2D eigenvalue weighted by Crippen LogP contribution is 2.55. The van der Waals surface area contributed by atoms with Crippen LogP contribution in [0, 0.1) is 23.6 Å². The van der Waals surface area contributed by atoms with Crippen LogP contribution in [0.2, 0.25) is 0 Å². The fourth-order valence-electron chi connectivity index (χ4n) is 7.48. The third-order valence-electron chi connectivity index (χ3n) is 8.68. The van der Waals surface area contributed by atoms with Gasteiger partial charge < -0.3 is 5.32 Å². The summed E-state index contributed by atoms with van der Waals surface area (Å²) in [6, 6.07) is 6.47. The van der Waals surface area contributed by atoms with Crippen LogP contribution in [0.15, 0.2) is 29.4 Å². The first-order chi connectivity index (χ1) is 17.0. The molecule has 188 valence electrons. The summed E-state index contributed by atoms with van der Waals surface area (Å²) in [6.07, 6.45) is 11.2. The molecule has 1 N–H and O–H groups in total. The maximum absolute atomic E-state index is 13.7. The van der Waals surface area contributed by atoms with Crippen molar-refractivity contribution in [1.82, 2.24) is 25.0 Å². The molecule has 0 radical (unpaired) electrons. The Morgan fingerprint density at radius 2 is 1.69 bits per heavy atom. The summed E-state index contributed by atoms with van der Waals surface area (Å²) in [6.45, 7) is 4.79. The summed E-state index contributed by atoms with van der Waals surface area (Å²) in [5.74, 6) is 3.06. The molecular formula is C27H36FN5OS. The molecule has 2 aromatic rings. The number of aromatic nitrogens is 3. The van der Waals surface area contributed by atoms with Crippen molar-refractivity contribution in [2.75, 3.05) is 13.1 Å². The molecule has 5 aliphatic rings. The zero-order valence-corrected chi connectivity index (χ0v) is 21.4. The molecule has 2 heterocycles. The molecule has 1 aromatic carbocycles. The molecule has 6 nitrogen and oxygen atoms in total. The average Bonchev–Trinajstić information content (AvgIpc) is 3.20. The monoisotopic (exact) mass is 497 g/mol. The van der Waals surface area contributed by atoms with Crippen molar-refractivity contribution >= 4 is 17.7 Å². The lowest BCUT2D eigenvalue weighted by molar-refractivity contribution is -0.126. The SMILES string of the molecule is C[C@@H](Sc1nnc(CN2CCCCC2)n1-c1ccc(F)cc1)C(=O)NC12CC3CC(CC(C3)C1)C2. The van der Waals surface area contributed by atoms with E-state index in [1.165, 1.54) is 62.4 Å². The van der Waals surface area contributed by atoms with E-state index in [-0.39, 0.29) is 22.5 Å². The third kappa shape index (κ3) is 4.88. The van der Waals surface area contributed by atoms with E-state index in [0.29, 0.717) is 11.7 Å². The number of nitrogens with one attached hydrogen (secondary N) is 1. The lowest BCUT2D eigenvalue weighted by Gasteiger charge is -2.57. The predicted octanol–water partition coefficient (Wildman–Crippen LogP) is 4.96. The van der Waals surface area contributed by atoms with Crippen LogP contribution in [-0.2, 0) is 11.3 Å². The predicted molar refractivity (Wildman–Crippen MR) is 135 cm³/mol. The first-order valence-corrected chi connectivity index (χ1v) is 14.3. The molecule has 1 saturated heterocycles. The van der Waals surface area contributed by atoms with Crippen molar-refractivity contribution in [1.29, 1.82) is 0 Å². The number of hydrogen-bond donors (Lipinski definition) is 1. The van der Waals surface area contributed by atoms with Crippen molar-refractivity contribution in [2.24, 2.45) is 17.8 Å². The van der Waals surface area contributed by atoms with Crippen LogP contribution in [0.1, 0.15) is 70.5 Å². The zero-order valence-electron chi connectivity index (χ0n) is 20.6. The van der Waals surface area contributed by atoms with Crippen molar-refractivity contribution in [2.45, 2.75) is 87.2 Å². The van der Waals surface area contributed by atoms with E-state index in [0.717, 1.165) is 61.6 Å². The summed E-state index contributed by atoms with van der Waals surface area (Å²) in [4.78, 5) is 15.8. The Hall–Kier alpha value is -1.93. The van der Waals surface area contributed by atoms with Gasteiger partial charge in [0.25, 0.3) is 0 Å². The maximum atomic E-state index is 13.7. The van der Waals surface area contributed by atoms with E-state index in [1.54, 1.807) is 12.1 Å². The second kappa shape index (κ2) is 9.51. The first-order valence-electron chi connectivity index (χ1n) is 13.4. The van der Waals surface area contributed by atoms with Crippen LogP contribution in [0.5, 0.6) is 0 Å². The van der Waals surface area contributed by atoms with Gasteiger partial charge >= 0.3 is 0 Å². The molecule has 1 aromatic heterocycles. The second-order valence-corrected chi connectivity index (χ2v) is 12.8. The molecule has 0 spiro atoms. The Morgan fingerprint density at radius 3 is 2.31 bits per heavy atom. The topological polar surface area (TPSA) is 63.1 Å². The maximum Gasteiger partial charge on any atom is 0.233 e. The molecule has 1 atom stereocenters. The molecule has 5 fully saturated rings. The molecule has 4 bridgehead atoms. The van der Waals surface area contributed by atoms with Gasteiger partial charge in [0.1, 0.15) is 5.82 Å². The average molecular weight is 498 g/mol. The van der Waals surface area contributed by atoms with E-state index in [4.69, 9.17) is 0 Å². The third-order valence-corrected chi connectivity index (χ3v) is 9.72. The second-order valence-electron chi connectivity index (χ2n) is 11.5. The summed E-state index contributed by atoms with van der Waals surface area (Å²) in [7, 11) is 0.